The molecule has 5 heteroatoms. The Balaban J connectivity index is 2.03. The first-order chi connectivity index (χ1) is 7.25. The number of aromatic nitrogens is 2. The summed E-state index contributed by atoms with van der Waals surface area (Å²) < 4.78 is 8.57. The van der Waals surface area contributed by atoms with E-state index in [2.05, 4.69) is 32.5 Å². The normalized spacial score (nSPS) is 18.9. The number of hydrogen-bond acceptors (Lipinski definition) is 3. The molecule has 0 fully saturated rings. The van der Waals surface area contributed by atoms with Gasteiger partial charge >= 0.3 is 0 Å². The van der Waals surface area contributed by atoms with Crippen molar-refractivity contribution in [2.75, 3.05) is 6.61 Å². The minimum atomic E-state index is 0.295. The van der Waals surface area contributed by atoms with Gasteiger partial charge in [0.15, 0.2) is 0 Å². The molecule has 0 spiro atoms. The standard InChI is InChI=1S/C10H9BrN2OS/c1-13-3-2-8(12-13)6-4-14-9-7(6)5-15-10(9)11/h2-3,5-6H,4H2,1H3. The molecule has 3 heterocycles. The zero-order valence-corrected chi connectivity index (χ0v) is 10.5. The monoisotopic (exact) mass is 284 g/mol. The molecule has 1 aliphatic heterocycles. The molecule has 0 amide bonds. The Bertz CT molecular complexity index is 505. The number of hydrogen-bond donors (Lipinski definition) is 0. The number of nitrogens with zero attached hydrogens (tertiary/aromatic N) is 2. The number of aryl methyl sites for hydroxylation is 1. The summed E-state index contributed by atoms with van der Waals surface area (Å²) in [5, 5.41) is 6.57. The van der Waals surface area contributed by atoms with Crippen LogP contribution in [0.15, 0.2) is 21.4 Å². The minimum Gasteiger partial charge on any atom is -0.490 e. The Kier molecular flexibility index (Phi) is 2.10. The maximum absolute atomic E-state index is 5.66. The second-order valence-corrected chi connectivity index (χ2v) is 5.77. The Hall–Kier alpha value is -0.810. The van der Waals surface area contributed by atoms with E-state index in [1.165, 1.54) is 5.56 Å². The molecule has 0 bridgehead atoms. The van der Waals surface area contributed by atoms with Crippen molar-refractivity contribution in [3.05, 3.63) is 32.7 Å². The van der Waals surface area contributed by atoms with Crippen LogP contribution in [0.2, 0.25) is 0 Å². The highest BCUT2D eigenvalue weighted by atomic mass is 79.9. The van der Waals surface area contributed by atoms with Crippen LogP contribution >= 0.6 is 27.3 Å². The predicted molar refractivity (Wildman–Crippen MR) is 62.6 cm³/mol. The van der Waals surface area contributed by atoms with Crippen LogP contribution in [-0.2, 0) is 7.05 Å². The topological polar surface area (TPSA) is 27.1 Å². The molecule has 0 radical (unpaired) electrons. The molecule has 2 aromatic heterocycles. The van der Waals surface area contributed by atoms with E-state index in [-0.39, 0.29) is 0 Å². The summed E-state index contributed by atoms with van der Waals surface area (Å²) >= 11 is 5.16. The van der Waals surface area contributed by atoms with Gasteiger partial charge in [0.1, 0.15) is 16.1 Å². The van der Waals surface area contributed by atoms with E-state index in [1.54, 1.807) is 11.3 Å². The lowest BCUT2D eigenvalue weighted by Crippen LogP contribution is -2.04. The second kappa shape index (κ2) is 3.35. The number of fused-ring (bicyclic) bond motifs is 1. The molecule has 1 unspecified atom stereocenters. The van der Waals surface area contributed by atoms with E-state index in [1.807, 2.05) is 17.9 Å². The molecule has 0 aromatic carbocycles. The molecule has 0 N–H and O–H groups in total. The van der Waals surface area contributed by atoms with Gasteiger partial charge in [-0.3, -0.25) is 4.68 Å². The molecule has 0 aliphatic carbocycles. The molecule has 2 aromatic rings. The largest absolute Gasteiger partial charge is 0.490 e. The third kappa shape index (κ3) is 1.41. The van der Waals surface area contributed by atoms with Gasteiger partial charge in [-0.05, 0) is 27.4 Å². The first-order valence-electron chi connectivity index (χ1n) is 4.65. The van der Waals surface area contributed by atoms with Crippen LogP contribution in [0.25, 0.3) is 0 Å². The summed E-state index contributed by atoms with van der Waals surface area (Å²) in [5.41, 5.74) is 2.34. The van der Waals surface area contributed by atoms with E-state index >= 15 is 0 Å². The van der Waals surface area contributed by atoms with Gasteiger partial charge in [0.2, 0.25) is 0 Å². The first-order valence-corrected chi connectivity index (χ1v) is 6.32. The van der Waals surface area contributed by atoms with E-state index in [0.717, 1.165) is 15.2 Å². The van der Waals surface area contributed by atoms with Gasteiger partial charge in [-0.25, -0.2) is 0 Å². The van der Waals surface area contributed by atoms with Crippen molar-refractivity contribution in [1.29, 1.82) is 0 Å². The molecule has 0 saturated heterocycles. The van der Waals surface area contributed by atoms with Crippen LogP contribution in [-0.4, -0.2) is 16.4 Å². The summed E-state index contributed by atoms with van der Waals surface area (Å²) in [7, 11) is 1.93. The van der Waals surface area contributed by atoms with Crippen molar-refractivity contribution < 1.29 is 4.74 Å². The van der Waals surface area contributed by atoms with Crippen LogP contribution in [0.1, 0.15) is 17.2 Å². The minimum absolute atomic E-state index is 0.295. The highest BCUT2D eigenvalue weighted by Gasteiger charge is 2.30. The highest BCUT2D eigenvalue weighted by Crippen LogP contribution is 2.45. The Labute approximate surface area is 99.8 Å². The number of thiophene rings is 1. The van der Waals surface area contributed by atoms with Crippen molar-refractivity contribution in [1.82, 2.24) is 9.78 Å². The van der Waals surface area contributed by atoms with Crippen molar-refractivity contribution in [3.63, 3.8) is 0 Å². The SMILES string of the molecule is Cn1ccc(C2COc3c2csc3Br)n1. The third-order valence-corrected chi connectivity index (χ3v) is 4.28. The van der Waals surface area contributed by atoms with Gasteiger partial charge in [-0.2, -0.15) is 5.10 Å². The average Bonchev–Trinajstić information content (AvgIpc) is 2.84. The van der Waals surface area contributed by atoms with Gasteiger partial charge < -0.3 is 4.74 Å². The van der Waals surface area contributed by atoms with Crippen LogP contribution < -0.4 is 4.74 Å². The van der Waals surface area contributed by atoms with Gasteiger partial charge in [0, 0.05) is 18.8 Å². The smallest absolute Gasteiger partial charge is 0.148 e. The lowest BCUT2D eigenvalue weighted by Gasteiger charge is -2.02. The fourth-order valence-electron chi connectivity index (χ4n) is 1.84. The molecular formula is C10H9BrN2OS. The zero-order chi connectivity index (χ0) is 10.4. The molecule has 78 valence electrons. The van der Waals surface area contributed by atoms with E-state index in [0.29, 0.717) is 12.5 Å². The average molecular weight is 285 g/mol. The van der Waals surface area contributed by atoms with Crippen LogP contribution in [0.5, 0.6) is 5.75 Å². The maximum atomic E-state index is 5.66. The Morgan fingerprint density at radius 3 is 3.27 bits per heavy atom. The van der Waals surface area contributed by atoms with Crippen molar-refractivity contribution in [2.45, 2.75) is 5.92 Å². The Morgan fingerprint density at radius 2 is 2.53 bits per heavy atom. The lowest BCUT2D eigenvalue weighted by molar-refractivity contribution is 0.340. The third-order valence-electron chi connectivity index (χ3n) is 2.59. The van der Waals surface area contributed by atoms with Gasteiger partial charge in [-0.15, -0.1) is 11.3 Å². The van der Waals surface area contributed by atoms with Crippen molar-refractivity contribution in [3.8, 4) is 5.75 Å². The molecule has 0 saturated carbocycles. The summed E-state index contributed by atoms with van der Waals surface area (Å²) in [5.74, 6) is 1.29. The van der Waals surface area contributed by atoms with E-state index < -0.39 is 0 Å². The molecule has 1 atom stereocenters. The number of ether oxygens (including phenoxy) is 1. The van der Waals surface area contributed by atoms with E-state index in [9.17, 15) is 0 Å². The van der Waals surface area contributed by atoms with Crippen molar-refractivity contribution in [2.24, 2.45) is 7.05 Å². The molecule has 3 rings (SSSR count). The summed E-state index contributed by atoms with van der Waals surface area (Å²) in [6, 6.07) is 2.05. The fourth-order valence-corrected chi connectivity index (χ4v) is 3.25. The zero-order valence-electron chi connectivity index (χ0n) is 8.11. The van der Waals surface area contributed by atoms with E-state index in [4.69, 9.17) is 4.74 Å². The van der Waals surface area contributed by atoms with Gasteiger partial charge in [0.05, 0.1) is 11.6 Å². The molecule has 15 heavy (non-hydrogen) atoms. The van der Waals surface area contributed by atoms with Crippen LogP contribution in [0.4, 0.5) is 0 Å². The molecular weight excluding hydrogens is 276 g/mol. The Morgan fingerprint density at radius 1 is 1.67 bits per heavy atom. The van der Waals surface area contributed by atoms with Crippen LogP contribution in [0, 0.1) is 0 Å². The molecule has 1 aliphatic rings. The second-order valence-electron chi connectivity index (χ2n) is 3.57. The quantitative estimate of drug-likeness (QED) is 0.805. The van der Waals surface area contributed by atoms with Gasteiger partial charge in [-0.1, -0.05) is 0 Å². The first kappa shape index (κ1) is 9.42. The number of rotatable bonds is 1. The van der Waals surface area contributed by atoms with Gasteiger partial charge in [0.25, 0.3) is 0 Å². The number of halogens is 1. The fraction of sp³-hybridized carbons (Fsp3) is 0.300. The lowest BCUT2D eigenvalue weighted by atomic mass is 10.0. The molecule has 3 nitrogen and oxygen atoms in total. The predicted octanol–water partition coefficient (Wildman–Crippen LogP) is 2.77. The van der Waals surface area contributed by atoms with Crippen molar-refractivity contribution >= 4 is 27.3 Å². The summed E-state index contributed by atoms with van der Waals surface area (Å²) in [4.78, 5) is 0. The summed E-state index contributed by atoms with van der Waals surface area (Å²) in [6.07, 6.45) is 1.97. The highest BCUT2D eigenvalue weighted by molar-refractivity contribution is 9.11. The maximum Gasteiger partial charge on any atom is 0.148 e. The summed E-state index contributed by atoms with van der Waals surface area (Å²) in [6.45, 7) is 0.702. The van der Waals surface area contributed by atoms with Crippen LogP contribution in [0.3, 0.4) is 0 Å².